The zero-order chi connectivity index (χ0) is 12.3. The molecule has 1 aliphatic heterocycles. The third-order valence-electron chi connectivity index (χ3n) is 3.33. The molecule has 1 aliphatic rings. The molecule has 0 atom stereocenters. The number of carbonyl (C=O) groups excluding carboxylic acids is 1. The van der Waals surface area contributed by atoms with Gasteiger partial charge >= 0.3 is 0 Å². The zero-order valence-electron chi connectivity index (χ0n) is 10.5. The zero-order valence-corrected chi connectivity index (χ0v) is 10.5. The first-order valence-corrected chi connectivity index (χ1v) is 6.26. The van der Waals surface area contributed by atoms with E-state index in [-0.39, 0.29) is 5.92 Å². The van der Waals surface area contributed by atoms with E-state index in [0.29, 0.717) is 6.04 Å². The quantitative estimate of drug-likeness (QED) is 0.739. The summed E-state index contributed by atoms with van der Waals surface area (Å²) in [5.74, 6) is 1.28. The highest BCUT2D eigenvalue weighted by atomic mass is 16.1. The summed E-state index contributed by atoms with van der Waals surface area (Å²) < 4.78 is 1.96. The van der Waals surface area contributed by atoms with Gasteiger partial charge in [0, 0.05) is 12.0 Å². The first-order valence-electron chi connectivity index (χ1n) is 6.26. The Morgan fingerprint density at radius 3 is 2.76 bits per heavy atom. The Hall–Kier alpha value is -1.23. The molecule has 0 saturated carbocycles. The second-order valence-corrected chi connectivity index (χ2v) is 4.96. The van der Waals surface area contributed by atoms with E-state index in [9.17, 15) is 4.79 Å². The van der Waals surface area contributed by atoms with Gasteiger partial charge < -0.3 is 4.79 Å². The minimum atomic E-state index is 0.259. The summed E-state index contributed by atoms with van der Waals surface area (Å²) in [5.41, 5.74) is 0. The molecule has 0 amide bonds. The molecule has 0 spiro atoms. The number of aldehydes is 1. The number of likely N-dealkylation sites (tertiary alicyclic amines) is 1. The fraction of sp³-hybridized carbons (Fsp3) is 0.750. The Balaban J connectivity index is 1.93. The fourth-order valence-corrected chi connectivity index (χ4v) is 2.27. The molecule has 0 aromatic carbocycles. The van der Waals surface area contributed by atoms with E-state index in [2.05, 4.69) is 28.8 Å². The first-order chi connectivity index (χ1) is 8.20. The Morgan fingerprint density at radius 2 is 2.18 bits per heavy atom. The predicted molar refractivity (Wildman–Crippen MR) is 64.5 cm³/mol. The van der Waals surface area contributed by atoms with E-state index in [1.807, 2.05) is 4.68 Å². The van der Waals surface area contributed by atoms with Gasteiger partial charge in [-0.25, -0.2) is 9.67 Å². The van der Waals surface area contributed by atoms with Gasteiger partial charge in [-0.15, -0.1) is 0 Å². The molecule has 0 radical (unpaired) electrons. The van der Waals surface area contributed by atoms with Crippen molar-refractivity contribution < 1.29 is 4.79 Å². The molecule has 2 rings (SSSR count). The Bertz CT molecular complexity index is 366. The number of rotatable bonds is 4. The molecule has 5 nitrogen and oxygen atoms in total. The molecular formula is C12H20N4O. The first kappa shape index (κ1) is 12.2. The van der Waals surface area contributed by atoms with Crippen LogP contribution in [0.25, 0.3) is 0 Å². The molecule has 1 fully saturated rings. The summed E-state index contributed by atoms with van der Waals surface area (Å²) in [4.78, 5) is 17.3. The standard InChI is InChI=1S/C12H20N4O/c1-10(2)16-12(13-9-14-16)7-15-5-3-11(8-17)4-6-15/h8-11H,3-7H2,1-2H3. The molecule has 94 valence electrons. The minimum Gasteiger partial charge on any atom is -0.303 e. The molecule has 0 aliphatic carbocycles. The van der Waals surface area contributed by atoms with Crippen molar-refractivity contribution in [1.82, 2.24) is 19.7 Å². The Morgan fingerprint density at radius 1 is 1.47 bits per heavy atom. The number of hydrogen-bond acceptors (Lipinski definition) is 4. The van der Waals surface area contributed by atoms with Crippen molar-refractivity contribution in [3.05, 3.63) is 12.2 Å². The van der Waals surface area contributed by atoms with Crippen molar-refractivity contribution in [2.24, 2.45) is 5.92 Å². The van der Waals surface area contributed by atoms with Crippen LogP contribution < -0.4 is 0 Å². The van der Waals surface area contributed by atoms with Gasteiger partial charge in [-0.2, -0.15) is 5.10 Å². The largest absolute Gasteiger partial charge is 0.303 e. The van der Waals surface area contributed by atoms with Gasteiger partial charge in [0.1, 0.15) is 18.4 Å². The van der Waals surface area contributed by atoms with Crippen LogP contribution in [0.1, 0.15) is 38.6 Å². The summed E-state index contributed by atoms with van der Waals surface area (Å²) in [6, 6.07) is 0.347. The number of carbonyl (C=O) groups is 1. The van der Waals surface area contributed by atoms with Gasteiger partial charge in [-0.05, 0) is 39.8 Å². The van der Waals surface area contributed by atoms with Gasteiger partial charge in [0.25, 0.3) is 0 Å². The van der Waals surface area contributed by atoms with Gasteiger partial charge in [-0.3, -0.25) is 4.90 Å². The molecule has 0 bridgehead atoms. The number of aromatic nitrogens is 3. The lowest BCUT2D eigenvalue weighted by atomic mass is 9.99. The van der Waals surface area contributed by atoms with Crippen molar-refractivity contribution in [3.63, 3.8) is 0 Å². The van der Waals surface area contributed by atoms with Crippen LogP contribution in [0.5, 0.6) is 0 Å². The molecule has 1 aromatic rings. The predicted octanol–water partition coefficient (Wildman–Crippen LogP) is 1.27. The van der Waals surface area contributed by atoms with E-state index in [1.165, 1.54) is 0 Å². The molecule has 1 saturated heterocycles. The van der Waals surface area contributed by atoms with Gasteiger partial charge in [0.05, 0.1) is 6.54 Å². The van der Waals surface area contributed by atoms with Crippen molar-refractivity contribution in [1.29, 1.82) is 0 Å². The monoisotopic (exact) mass is 236 g/mol. The van der Waals surface area contributed by atoms with E-state index in [0.717, 1.165) is 44.6 Å². The maximum atomic E-state index is 10.7. The van der Waals surface area contributed by atoms with Crippen molar-refractivity contribution in [2.45, 2.75) is 39.3 Å². The van der Waals surface area contributed by atoms with Crippen LogP contribution in [0.3, 0.4) is 0 Å². The van der Waals surface area contributed by atoms with Gasteiger partial charge in [0.15, 0.2) is 0 Å². The van der Waals surface area contributed by atoms with E-state index in [1.54, 1.807) is 6.33 Å². The lowest BCUT2D eigenvalue weighted by Crippen LogP contribution is -2.34. The van der Waals surface area contributed by atoms with E-state index in [4.69, 9.17) is 0 Å². The highest BCUT2D eigenvalue weighted by Crippen LogP contribution is 2.17. The average molecular weight is 236 g/mol. The maximum absolute atomic E-state index is 10.7. The van der Waals surface area contributed by atoms with Crippen LogP contribution in [0.2, 0.25) is 0 Å². The Kier molecular flexibility index (Phi) is 3.89. The second kappa shape index (κ2) is 5.40. The summed E-state index contributed by atoms with van der Waals surface area (Å²) in [5, 5.41) is 4.24. The maximum Gasteiger partial charge on any atom is 0.141 e. The van der Waals surface area contributed by atoms with Crippen LogP contribution >= 0.6 is 0 Å². The summed E-state index contributed by atoms with van der Waals surface area (Å²) in [6.07, 6.45) is 4.65. The van der Waals surface area contributed by atoms with Crippen LogP contribution in [0.4, 0.5) is 0 Å². The molecular weight excluding hydrogens is 216 g/mol. The Labute approximate surface area is 102 Å². The molecule has 0 N–H and O–H groups in total. The normalized spacial score (nSPS) is 18.8. The van der Waals surface area contributed by atoms with E-state index >= 15 is 0 Å². The molecule has 2 heterocycles. The fourth-order valence-electron chi connectivity index (χ4n) is 2.27. The van der Waals surface area contributed by atoms with Crippen LogP contribution in [0.15, 0.2) is 6.33 Å². The second-order valence-electron chi connectivity index (χ2n) is 4.96. The highest BCUT2D eigenvalue weighted by Gasteiger charge is 2.20. The summed E-state index contributed by atoms with van der Waals surface area (Å²) in [7, 11) is 0. The lowest BCUT2D eigenvalue weighted by Gasteiger charge is -2.29. The van der Waals surface area contributed by atoms with Crippen LogP contribution in [0, 0.1) is 5.92 Å². The summed E-state index contributed by atoms with van der Waals surface area (Å²) in [6.45, 7) is 7.01. The van der Waals surface area contributed by atoms with Crippen LogP contribution in [-0.2, 0) is 11.3 Å². The molecule has 0 unspecified atom stereocenters. The number of hydrogen-bond donors (Lipinski definition) is 0. The third kappa shape index (κ3) is 2.91. The molecule has 1 aromatic heterocycles. The van der Waals surface area contributed by atoms with E-state index < -0.39 is 0 Å². The topological polar surface area (TPSA) is 51.0 Å². The smallest absolute Gasteiger partial charge is 0.141 e. The number of piperidine rings is 1. The highest BCUT2D eigenvalue weighted by molar-refractivity contribution is 5.53. The van der Waals surface area contributed by atoms with Crippen LogP contribution in [-0.4, -0.2) is 39.0 Å². The van der Waals surface area contributed by atoms with Crippen molar-refractivity contribution in [2.75, 3.05) is 13.1 Å². The number of nitrogens with zero attached hydrogens (tertiary/aromatic N) is 4. The average Bonchev–Trinajstić information content (AvgIpc) is 2.78. The van der Waals surface area contributed by atoms with Crippen molar-refractivity contribution >= 4 is 6.29 Å². The lowest BCUT2D eigenvalue weighted by molar-refractivity contribution is -0.112. The third-order valence-corrected chi connectivity index (χ3v) is 3.33. The van der Waals surface area contributed by atoms with Gasteiger partial charge in [-0.1, -0.05) is 0 Å². The van der Waals surface area contributed by atoms with Crippen molar-refractivity contribution in [3.8, 4) is 0 Å². The molecule has 5 heteroatoms. The SMILES string of the molecule is CC(C)n1ncnc1CN1CCC(C=O)CC1. The minimum absolute atomic E-state index is 0.259. The summed E-state index contributed by atoms with van der Waals surface area (Å²) >= 11 is 0. The molecule has 17 heavy (non-hydrogen) atoms. The van der Waals surface area contributed by atoms with Gasteiger partial charge in [0.2, 0.25) is 0 Å².